The average molecular weight is 639 g/mol. The normalized spacial score (nSPS) is 20.4. The van der Waals surface area contributed by atoms with Gasteiger partial charge in [-0.05, 0) is 59.9 Å². The quantitative estimate of drug-likeness (QED) is 0.216. The van der Waals surface area contributed by atoms with Gasteiger partial charge in [-0.25, -0.2) is 17.9 Å². The van der Waals surface area contributed by atoms with Gasteiger partial charge >= 0.3 is 5.97 Å². The van der Waals surface area contributed by atoms with E-state index in [4.69, 9.17) is 9.47 Å². The van der Waals surface area contributed by atoms with E-state index in [2.05, 4.69) is 15.4 Å². The third-order valence-corrected chi connectivity index (χ3v) is 10.5. The van der Waals surface area contributed by atoms with Crippen LogP contribution in [0.25, 0.3) is 16.8 Å². The molecule has 1 fully saturated rings. The third-order valence-electron chi connectivity index (χ3n) is 8.69. The molecule has 1 aliphatic heterocycles. The van der Waals surface area contributed by atoms with Crippen molar-refractivity contribution in [2.45, 2.75) is 49.1 Å². The Bertz CT molecular complexity index is 2040. The van der Waals surface area contributed by atoms with Crippen molar-refractivity contribution >= 4 is 16.0 Å². The molecule has 0 spiro atoms. The molecule has 11 nitrogen and oxygen atoms in total. The van der Waals surface area contributed by atoms with Gasteiger partial charge in [0, 0.05) is 31.6 Å². The molecule has 0 amide bonds. The largest absolute Gasteiger partial charge is 0.488 e. The fraction of sp³-hybridized carbons (Fsp3) is 0.294. The standard InChI is InChI=1S/C34H34N6O5S/c1-4-26-20-39(46(42,43)32-14-6-5-13-31(32)45-26)19-22-9-7-10-23(15-22)24-11-8-12-25(16-24)40-33(29(18-35-40)34(41)44-3)28-17-27(28)30-21-38(2)37-36-30/h5-16,18,21,26-28H,4,17,19-20H2,1-3H3/t26-,27-,28-/m1/s1. The summed E-state index contributed by atoms with van der Waals surface area (Å²) >= 11 is 0. The molecular formula is C34H34N6O5S. The van der Waals surface area contributed by atoms with Crippen molar-refractivity contribution in [2.75, 3.05) is 13.7 Å². The Morgan fingerprint density at radius 3 is 2.57 bits per heavy atom. The van der Waals surface area contributed by atoms with Crippen LogP contribution in [0.5, 0.6) is 5.75 Å². The van der Waals surface area contributed by atoms with Crippen LogP contribution in [0.15, 0.2) is 90.1 Å². The summed E-state index contributed by atoms with van der Waals surface area (Å²) in [5, 5.41) is 13.0. The third kappa shape index (κ3) is 5.47. The zero-order valence-electron chi connectivity index (χ0n) is 25.8. The molecule has 2 aromatic heterocycles. The minimum atomic E-state index is -3.77. The number of fused-ring (bicyclic) bond motifs is 1. The van der Waals surface area contributed by atoms with Gasteiger partial charge in [0.05, 0.1) is 36.9 Å². The number of hydrogen-bond donors (Lipinski definition) is 0. The maximum absolute atomic E-state index is 13.7. The number of aromatic nitrogens is 5. The first-order chi connectivity index (χ1) is 22.3. The SMILES string of the molecule is CC[C@@H]1CN(Cc2cccc(-c3cccc(-n4ncc(C(=O)OC)c4[C@@H]4C[C@H]4c4cn(C)nn4)c3)c2)S(=O)(=O)c2ccccc2O1. The summed E-state index contributed by atoms with van der Waals surface area (Å²) in [6.07, 6.45) is 4.72. The van der Waals surface area contributed by atoms with Gasteiger partial charge in [-0.1, -0.05) is 54.6 Å². The lowest BCUT2D eigenvalue weighted by atomic mass is 10.0. The maximum atomic E-state index is 13.7. The Morgan fingerprint density at radius 2 is 1.80 bits per heavy atom. The van der Waals surface area contributed by atoms with E-state index in [0.717, 1.165) is 40.2 Å². The van der Waals surface area contributed by atoms with Gasteiger partial charge in [-0.3, -0.25) is 4.68 Å². The number of benzene rings is 3. The van der Waals surface area contributed by atoms with Gasteiger partial charge in [0.2, 0.25) is 10.0 Å². The van der Waals surface area contributed by atoms with Crippen LogP contribution in [0.4, 0.5) is 0 Å². The van der Waals surface area contributed by atoms with Gasteiger partial charge in [0.15, 0.2) is 0 Å². The number of nitrogens with zero attached hydrogens (tertiary/aromatic N) is 6. The van der Waals surface area contributed by atoms with Gasteiger partial charge in [-0.15, -0.1) is 5.10 Å². The molecule has 236 valence electrons. The molecule has 0 saturated heterocycles. The molecule has 3 atom stereocenters. The Morgan fingerprint density at radius 1 is 1.02 bits per heavy atom. The fourth-order valence-corrected chi connectivity index (χ4v) is 7.80. The van der Waals surface area contributed by atoms with E-state index in [-0.39, 0.29) is 35.9 Å². The summed E-state index contributed by atoms with van der Waals surface area (Å²) in [4.78, 5) is 12.9. The summed E-state index contributed by atoms with van der Waals surface area (Å²) in [6.45, 7) is 2.46. The number of ether oxygens (including phenoxy) is 2. The molecule has 1 saturated carbocycles. The molecule has 12 heteroatoms. The molecule has 2 aliphatic rings. The number of rotatable bonds is 8. The van der Waals surface area contributed by atoms with E-state index < -0.39 is 16.0 Å². The van der Waals surface area contributed by atoms with Gasteiger partial charge in [-0.2, -0.15) is 9.40 Å². The van der Waals surface area contributed by atoms with Crippen molar-refractivity contribution in [1.29, 1.82) is 0 Å². The molecule has 0 radical (unpaired) electrons. The number of carbonyl (C=O) groups is 1. The van der Waals surface area contributed by atoms with Gasteiger partial charge in [0.1, 0.15) is 22.3 Å². The van der Waals surface area contributed by atoms with Crippen LogP contribution in [0, 0.1) is 0 Å². The highest BCUT2D eigenvalue weighted by Gasteiger charge is 2.46. The van der Waals surface area contributed by atoms with Crippen LogP contribution >= 0.6 is 0 Å². The van der Waals surface area contributed by atoms with Crippen LogP contribution in [-0.4, -0.2) is 63.2 Å². The number of aryl methyl sites for hydroxylation is 1. The highest BCUT2D eigenvalue weighted by atomic mass is 32.2. The van der Waals surface area contributed by atoms with E-state index in [1.165, 1.54) is 11.4 Å². The Hall–Kier alpha value is -4.81. The van der Waals surface area contributed by atoms with Crippen LogP contribution < -0.4 is 4.74 Å². The highest BCUT2D eigenvalue weighted by Crippen LogP contribution is 2.55. The Kier molecular flexibility index (Phi) is 7.69. The molecule has 0 unspecified atom stereocenters. The van der Waals surface area contributed by atoms with E-state index in [9.17, 15) is 13.2 Å². The number of para-hydroxylation sites is 1. The number of methoxy groups -OCH3 is 1. The van der Waals surface area contributed by atoms with Crippen molar-refractivity contribution in [1.82, 2.24) is 29.1 Å². The van der Waals surface area contributed by atoms with Crippen molar-refractivity contribution in [3.8, 4) is 22.6 Å². The minimum Gasteiger partial charge on any atom is -0.488 e. The molecule has 3 heterocycles. The molecule has 46 heavy (non-hydrogen) atoms. The van der Waals surface area contributed by atoms with Gasteiger partial charge in [0.25, 0.3) is 0 Å². The van der Waals surface area contributed by atoms with Crippen LogP contribution in [0.3, 0.4) is 0 Å². The van der Waals surface area contributed by atoms with Crippen LogP contribution in [-0.2, 0) is 28.4 Å². The molecular weight excluding hydrogens is 604 g/mol. The number of carbonyl (C=O) groups excluding carboxylic acids is 1. The van der Waals surface area contributed by atoms with Crippen molar-refractivity contribution in [2.24, 2.45) is 7.05 Å². The lowest BCUT2D eigenvalue weighted by Crippen LogP contribution is -2.36. The van der Waals surface area contributed by atoms with E-state index in [0.29, 0.717) is 17.7 Å². The second kappa shape index (κ2) is 11.8. The second-order valence-corrected chi connectivity index (χ2v) is 13.7. The predicted molar refractivity (Wildman–Crippen MR) is 170 cm³/mol. The molecule has 3 aromatic carbocycles. The van der Waals surface area contributed by atoms with Crippen molar-refractivity contribution in [3.63, 3.8) is 0 Å². The zero-order chi connectivity index (χ0) is 32.0. The minimum absolute atomic E-state index is 0.0388. The smallest absolute Gasteiger partial charge is 0.341 e. The number of esters is 1. The van der Waals surface area contributed by atoms with Crippen molar-refractivity contribution in [3.05, 3.63) is 108 Å². The van der Waals surface area contributed by atoms with Crippen LogP contribution in [0.2, 0.25) is 0 Å². The predicted octanol–water partition coefficient (Wildman–Crippen LogP) is 5.09. The monoisotopic (exact) mass is 638 g/mol. The topological polar surface area (TPSA) is 121 Å². The lowest BCUT2D eigenvalue weighted by molar-refractivity contribution is 0.0599. The van der Waals surface area contributed by atoms with Gasteiger partial charge < -0.3 is 9.47 Å². The molecule has 0 N–H and O–H groups in total. The summed E-state index contributed by atoms with van der Waals surface area (Å²) in [5.41, 5.74) is 5.62. The zero-order valence-corrected chi connectivity index (χ0v) is 26.6. The van der Waals surface area contributed by atoms with Crippen LogP contribution in [0.1, 0.15) is 58.9 Å². The van der Waals surface area contributed by atoms with E-state index in [1.807, 2.05) is 73.4 Å². The highest BCUT2D eigenvalue weighted by molar-refractivity contribution is 7.89. The Labute approximate surface area is 267 Å². The average Bonchev–Trinajstić information content (AvgIpc) is 3.56. The van der Waals surface area contributed by atoms with E-state index >= 15 is 0 Å². The number of hydrogen-bond acceptors (Lipinski definition) is 8. The fourth-order valence-electron chi connectivity index (χ4n) is 6.22. The number of sulfonamides is 1. The Balaban J connectivity index is 1.20. The molecule has 7 rings (SSSR count). The summed E-state index contributed by atoms with van der Waals surface area (Å²) in [6, 6.07) is 22.7. The molecule has 1 aliphatic carbocycles. The first-order valence-electron chi connectivity index (χ1n) is 15.2. The first kappa shape index (κ1) is 29.9. The van der Waals surface area contributed by atoms with E-state index in [1.54, 1.807) is 35.1 Å². The molecule has 5 aromatic rings. The van der Waals surface area contributed by atoms with Crippen molar-refractivity contribution < 1.29 is 22.7 Å². The molecule has 0 bridgehead atoms. The maximum Gasteiger partial charge on any atom is 0.341 e. The second-order valence-electron chi connectivity index (χ2n) is 11.8. The summed E-state index contributed by atoms with van der Waals surface area (Å²) < 4.78 is 43.6. The first-order valence-corrected chi connectivity index (χ1v) is 16.7. The lowest BCUT2D eigenvalue weighted by Gasteiger charge is -2.22. The summed E-state index contributed by atoms with van der Waals surface area (Å²) in [7, 11) is -0.565. The summed E-state index contributed by atoms with van der Waals surface area (Å²) in [5.74, 6) is 0.131.